The molecule has 0 aromatic rings. The van der Waals surface area contributed by atoms with Gasteiger partial charge >= 0.3 is 0 Å². The maximum absolute atomic E-state index is 5.74. The predicted octanol–water partition coefficient (Wildman–Crippen LogP) is 1.72. The van der Waals surface area contributed by atoms with Gasteiger partial charge in [-0.25, -0.2) is 0 Å². The van der Waals surface area contributed by atoms with E-state index in [0.717, 1.165) is 58.3 Å². The second kappa shape index (κ2) is 11.7. The summed E-state index contributed by atoms with van der Waals surface area (Å²) in [6.45, 7) is 12.3. The van der Waals surface area contributed by atoms with E-state index in [1.807, 2.05) is 7.05 Å². The van der Waals surface area contributed by atoms with Crippen molar-refractivity contribution in [3.05, 3.63) is 0 Å². The molecule has 0 spiro atoms. The maximum atomic E-state index is 5.74. The summed E-state index contributed by atoms with van der Waals surface area (Å²) in [5.74, 6) is 2.22. The number of hydrogen-bond acceptors (Lipinski definition) is 4. The third-order valence-electron chi connectivity index (χ3n) is 5.20. The van der Waals surface area contributed by atoms with Crippen molar-refractivity contribution >= 4 is 5.96 Å². The number of piperidine rings is 1. The molecule has 2 aliphatic rings. The lowest BCUT2D eigenvalue weighted by molar-refractivity contribution is 0.0888. The SMILES string of the molecule is CN=C(NCCCOCC1CCOC1)NCC1CCCN(C(C)C)C1. The van der Waals surface area contributed by atoms with Crippen molar-refractivity contribution in [2.75, 3.05) is 59.7 Å². The highest BCUT2D eigenvalue weighted by Crippen LogP contribution is 2.17. The molecule has 2 N–H and O–H groups in total. The van der Waals surface area contributed by atoms with Gasteiger partial charge in [0.25, 0.3) is 0 Å². The van der Waals surface area contributed by atoms with Gasteiger partial charge in [0.2, 0.25) is 0 Å². The zero-order chi connectivity index (χ0) is 17.9. The molecule has 2 unspecified atom stereocenters. The van der Waals surface area contributed by atoms with Gasteiger partial charge in [0.05, 0.1) is 13.2 Å². The molecule has 6 nitrogen and oxygen atoms in total. The van der Waals surface area contributed by atoms with Gasteiger partial charge in [0.1, 0.15) is 0 Å². The van der Waals surface area contributed by atoms with Crippen molar-refractivity contribution < 1.29 is 9.47 Å². The van der Waals surface area contributed by atoms with Gasteiger partial charge < -0.3 is 25.0 Å². The number of likely N-dealkylation sites (tertiary alicyclic amines) is 1. The number of hydrogen-bond donors (Lipinski definition) is 2. The molecule has 2 aliphatic heterocycles. The fourth-order valence-corrected chi connectivity index (χ4v) is 3.54. The molecule has 0 saturated carbocycles. The first-order valence-corrected chi connectivity index (χ1v) is 10.0. The van der Waals surface area contributed by atoms with E-state index in [-0.39, 0.29) is 0 Å². The van der Waals surface area contributed by atoms with E-state index >= 15 is 0 Å². The minimum atomic E-state index is 0.600. The molecule has 0 aliphatic carbocycles. The highest BCUT2D eigenvalue weighted by atomic mass is 16.5. The Balaban J connectivity index is 1.51. The average Bonchev–Trinajstić information content (AvgIpc) is 3.14. The van der Waals surface area contributed by atoms with Gasteiger partial charge in [-0.2, -0.15) is 0 Å². The molecule has 0 aromatic carbocycles. The summed E-state index contributed by atoms with van der Waals surface area (Å²) in [6, 6.07) is 0.649. The zero-order valence-corrected chi connectivity index (χ0v) is 16.4. The fourth-order valence-electron chi connectivity index (χ4n) is 3.54. The lowest BCUT2D eigenvalue weighted by atomic mass is 9.97. The Labute approximate surface area is 153 Å². The molecule has 146 valence electrons. The fraction of sp³-hybridized carbons (Fsp3) is 0.947. The molecule has 2 heterocycles. The lowest BCUT2D eigenvalue weighted by Crippen LogP contribution is -2.46. The highest BCUT2D eigenvalue weighted by molar-refractivity contribution is 5.79. The first-order chi connectivity index (χ1) is 12.2. The summed E-state index contributed by atoms with van der Waals surface area (Å²) in [7, 11) is 1.84. The minimum absolute atomic E-state index is 0.600. The van der Waals surface area contributed by atoms with Crippen LogP contribution in [-0.2, 0) is 9.47 Å². The third-order valence-corrected chi connectivity index (χ3v) is 5.20. The topological polar surface area (TPSA) is 58.1 Å². The van der Waals surface area contributed by atoms with Gasteiger partial charge in [-0.15, -0.1) is 0 Å². The molecule has 2 rings (SSSR count). The second-order valence-electron chi connectivity index (χ2n) is 7.63. The van der Waals surface area contributed by atoms with E-state index in [4.69, 9.17) is 9.47 Å². The van der Waals surface area contributed by atoms with E-state index in [1.165, 1.54) is 25.9 Å². The Kier molecular flexibility index (Phi) is 9.58. The van der Waals surface area contributed by atoms with Crippen LogP contribution in [0.4, 0.5) is 0 Å². The molecule has 2 atom stereocenters. The van der Waals surface area contributed by atoms with Gasteiger partial charge in [0, 0.05) is 51.9 Å². The van der Waals surface area contributed by atoms with Crippen LogP contribution in [0.3, 0.4) is 0 Å². The molecule has 0 bridgehead atoms. The van der Waals surface area contributed by atoms with Crippen molar-refractivity contribution in [2.45, 2.75) is 45.6 Å². The zero-order valence-electron chi connectivity index (χ0n) is 16.4. The van der Waals surface area contributed by atoms with Crippen LogP contribution >= 0.6 is 0 Å². The molecule has 2 saturated heterocycles. The molecular formula is C19H38N4O2. The molecule has 0 radical (unpaired) electrons. The quantitative estimate of drug-likeness (QED) is 0.375. The number of guanidine groups is 1. The summed E-state index contributed by atoms with van der Waals surface area (Å²) in [4.78, 5) is 6.91. The smallest absolute Gasteiger partial charge is 0.190 e. The van der Waals surface area contributed by atoms with E-state index in [0.29, 0.717) is 17.9 Å². The molecule has 0 aromatic heterocycles. The van der Waals surface area contributed by atoms with Crippen LogP contribution in [0, 0.1) is 11.8 Å². The largest absolute Gasteiger partial charge is 0.381 e. The third kappa shape index (κ3) is 7.92. The summed E-state index contributed by atoms with van der Waals surface area (Å²) in [6.07, 6.45) is 4.76. The lowest BCUT2D eigenvalue weighted by Gasteiger charge is -2.35. The first kappa shape index (κ1) is 20.5. The van der Waals surface area contributed by atoms with Crippen LogP contribution in [0.2, 0.25) is 0 Å². The van der Waals surface area contributed by atoms with E-state index in [1.54, 1.807) is 0 Å². The van der Waals surface area contributed by atoms with Gasteiger partial charge in [-0.05, 0) is 52.0 Å². The Morgan fingerprint density at radius 3 is 2.88 bits per heavy atom. The minimum Gasteiger partial charge on any atom is -0.381 e. The number of ether oxygens (including phenoxy) is 2. The van der Waals surface area contributed by atoms with Crippen LogP contribution in [0.15, 0.2) is 4.99 Å². The first-order valence-electron chi connectivity index (χ1n) is 10.0. The van der Waals surface area contributed by atoms with Gasteiger partial charge in [-0.1, -0.05) is 0 Å². The van der Waals surface area contributed by atoms with Crippen molar-refractivity contribution in [1.82, 2.24) is 15.5 Å². The Bertz CT molecular complexity index is 384. The normalized spacial score (nSPS) is 25.5. The Morgan fingerprint density at radius 1 is 1.28 bits per heavy atom. The van der Waals surface area contributed by atoms with E-state index in [2.05, 4.69) is 34.4 Å². The Morgan fingerprint density at radius 2 is 2.16 bits per heavy atom. The standard InChI is InChI=1S/C19H38N4O2/c1-16(2)23-9-4-6-17(13-23)12-22-19(20-3)21-8-5-10-24-14-18-7-11-25-15-18/h16-18H,4-15H2,1-3H3,(H2,20,21,22). The molecule has 2 fully saturated rings. The summed E-state index contributed by atoms with van der Waals surface area (Å²) < 4.78 is 11.1. The Hall–Kier alpha value is -0.850. The van der Waals surface area contributed by atoms with E-state index in [9.17, 15) is 0 Å². The average molecular weight is 355 g/mol. The van der Waals surface area contributed by atoms with Gasteiger partial charge in [-0.3, -0.25) is 4.99 Å². The van der Waals surface area contributed by atoms with Crippen molar-refractivity contribution in [3.8, 4) is 0 Å². The van der Waals surface area contributed by atoms with Gasteiger partial charge in [0.15, 0.2) is 5.96 Å². The van der Waals surface area contributed by atoms with Crippen LogP contribution in [0.5, 0.6) is 0 Å². The van der Waals surface area contributed by atoms with Crippen molar-refractivity contribution in [2.24, 2.45) is 16.8 Å². The van der Waals surface area contributed by atoms with Crippen molar-refractivity contribution in [3.63, 3.8) is 0 Å². The molecular weight excluding hydrogens is 316 g/mol. The van der Waals surface area contributed by atoms with Crippen LogP contribution < -0.4 is 10.6 Å². The maximum Gasteiger partial charge on any atom is 0.190 e. The van der Waals surface area contributed by atoms with Crippen molar-refractivity contribution in [1.29, 1.82) is 0 Å². The summed E-state index contributed by atoms with van der Waals surface area (Å²) in [5.41, 5.74) is 0. The van der Waals surface area contributed by atoms with Crippen LogP contribution in [-0.4, -0.2) is 76.6 Å². The molecule has 0 amide bonds. The van der Waals surface area contributed by atoms with E-state index < -0.39 is 0 Å². The number of rotatable bonds is 9. The number of nitrogens with one attached hydrogen (secondary N) is 2. The van der Waals surface area contributed by atoms with Crippen LogP contribution in [0.1, 0.15) is 39.5 Å². The predicted molar refractivity (Wildman–Crippen MR) is 103 cm³/mol. The summed E-state index contributed by atoms with van der Waals surface area (Å²) in [5, 5.41) is 6.88. The second-order valence-corrected chi connectivity index (χ2v) is 7.63. The number of aliphatic imine (C=N–C) groups is 1. The summed E-state index contributed by atoms with van der Waals surface area (Å²) >= 11 is 0. The molecule has 25 heavy (non-hydrogen) atoms. The molecule has 6 heteroatoms. The van der Waals surface area contributed by atoms with Crippen LogP contribution in [0.25, 0.3) is 0 Å². The number of nitrogens with zero attached hydrogens (tertiary/aromatic N) is 2. The monoisotopic (exact) mass is 354 g/mol. The highest BCUT2D eigenvalue weighted by Gasteiger charge is 2.21.